The second-order valence-corrected chi connectivity index (χ2v) is 4.20. The van der Waals surface area contributed by atoms with Crippen LogP contribution in [0.25, 0.3) is 0 Å². The van der Waals surface area contributed by atoms with Gasteiger partial charge in [-0.25, -0.2) is 0 Å². The molecule has 0 fully saturated rings. The van der Waals surface area contributed by atoms with E-state index in [1.54, 1.807) is 0 Å². The van der Waals surface area contributed by atoms with Crippen LogP contribution < -0.4 is 10.6 Å². The molecule has 0 aromatic heterocycles. The zero-order valence-corrected chi connectivity index (χ0v) is 10.2. The number of terminal acetylenes is 1. The van der Waals surface area contributed by atoms with Crippen molar-refractivity contribution >= 4 is 5.91 Å². The quantitative estimate of drug-likeness (QED) is 0.649. The van der Waals surface area contributed by atoms with Crippen LogP contribution in [0.4, 0.5) is 0 Å². The van der Waals surface area contributed by atoms with Crippen molar-refractivity contribution in [3.05, 3.63) is 0 Å². The second-order valence-electron chi connectivity index (χ2n) is 4.20. The Balaban J connectivity index is 3.91. The summed E-state index contributed by atoms with van der Waals surface area (Å²) in [5, 5.41) is 5.96. The molecule has 3 heteroatoms. The summed E-state index contributed by atoms with van der Waals surface area (Å²) in [6.45, 7) is 8.14. The summed E-state index contributed by atoms with van der Waals surface area (Å²) < 4.78 is 0. The zero-order valence-electron chi connectivity index (χ0n) is 10.2. The molecule has 2 N–H and O–H groups in total. The first kappa shape index (κ1) is 14.0. The third-order valence-corrected chi connectivity index (χ3v) is 2.40. The molecule has 0 saturated heterocycles. The van der Waals surface area contributed by atoms with Crippen LogP contribution in [0, 0.1) is 12.3 Å². The Morgan fingerprint density at radius 2 is 1.93 bits per heavy atom. The summed E-state index contributed by atoms with van der Waals surface area (Å²) in [6.07, 6.45) is 7.22. The van der Waals surface area contributed by atoms with Crippen molar-refractivity contribution in [2.24, 2.45) is 0 Å². The molecule has 0 radical (unpaired) electrons. The summed E-state index contributed by atoms with van der Waals surface area (Å²) in [7, 11) is 0. The number of carbonyl (C=O) groups is 1. The molecule has 15 heavy (non-hydrogen) atoms. The number of carbonyl (C=O) groups excluding carboxylic acids is 1. The molecule has 0 rings (SSSR count). The van der Waals surface area contributed by atoms with E-state index in [1.807, 2.05) is 13.8 Å². The van der Waals surface area contributed by atoms with Gasteiger partial charge in [0, 0.05) is 6.04 Å². The molecular formula is C12H22N2O. The van der Waals surface area contributed by atoms with Gasteiger partial charge < -0.3 is 5.32 Å². The fourth-order valence-electron chi connectivity index (χ4n) is 1.12. The van der Waals surface area contributed by atoms with Gasteiger partial charge in [-0.15, -0.1) is 6.42 Å². The summed E-state index contributed by atoms with van der Waals surface area (Å²) in [4.78, 5) is 11.5. The van der Waals surface area contributed by atoms with Gasteiger partial charge in [-0.1, -0.05) is 19.8 Å². The fourth-order valence-corrected chi connectivity index (χ4v) is 1.12. The van der Waals surface area contributed by atoms with E-state index in [2.05, 4.69) is 30.4 Å². The molecule has 0 aromatic carbocycles. The Kier molecular flexibility index (Phi) is 6.03. The normalized spacial score (nSPS) is 11.2. The lowest BCUT2D eigenvalue weighted by molar-refractivity contribution is -0.121. The average Bonchev–Trinajstić information content (AvgIpc) is 2.23. The highest BCUT2D eigenvalue weighted by molar-refractivity contribution is 5.78. The molecular weight excluding hydrogens is 188 g/mol. The molecule has 0 saturated carbocycles. The molecule has 0 aliphatic carbocycles. The molecule has 86 valence electrons. The predicted molar refractivity (Wildman–Crippen MR) is 63.4 cm³/mol. The van der Waals surface area contributed by atoms with Crippen LogP contribution >= 0.6 is 0 Å². The third-order valence-electron chi connectivity index (χ3n) is 2.40. The molecule has 0 spiro atoms. The summed E-state index contributed by atoms with van der Waals surface area (Å²) in [5.74, 6) is 2.59. The first-order chi connectivity index (χ1) is 6.95. The van der Waals surface area contributed by atoms with Crippen molar-refractivity contribution in [3.8, 4) is 12.3 Å². The molecule has 0 aliphatic heterocycles. The van der Waals surface area contributed by atoms with Crippen molar-refractivity contribution < 1.29 is 4.79 Å². The smallest absolute Gasteiger partial charge is 0.234 e. The molecule has 0 bridgehead atoms. The van der Waals surface area contributed by atoms with Crippen molar-refractivity contribution in [1.29, 1.82) is 0 Å². The van der Waals surface area contributed by atoms with Gasteiger partial charge >= 0.3 is 0 Å². The minimum atomic E-state index is -0.425. The maximum absolute atomic E-state index is 11.5. The SMILES string of the molecule is C#CC(C)(C)NCC(=O)NC(CC)CC. The lowest BCUT2D eigenvalue weighted by Gasteiger charge is -2.20. The van der Waals surface area contributed by atoms with Crippen LogP contribution in [0.5, 0.6) is 0 Å². The largest absolute Gasteiger partial charge is 0.352 e. The van der Waals surface area contributed by atoms with Crippen LogP contribution in [0.2, 0.25) is 0 Å². The highest BCUT2D eigenvalue weighted by atomic mass is 16.1. The van der Waals surface area contributed by atoms with Gasteiger partial charge in [0.1, 0.15) is 0 Å². The molecule has 0 heterocycles. The third kappa shape index (κ3) is 6.14. The Morgan fingerprint density at radius 3 is 2.33 bits per heavy atom. The molecule has 1 amide bonds. The molecule has 3 nitrogen and oxygen atoms in total. The Bertz CT molecular complexity index is 236. The van der Waals surface area contributed by atoms with Crippen LogP contribution in [0.3, 0.4) is 0 Å². The van der Waals surface area contributed by atoms with E-state index in [4.69, 9.17) is 6.42 Å². The van der Waals surface area contributed by atoms with E-state index in [0.717, 1.165) is 12.8 Å². The number of hydrogen-bond donors (Lipinski definition) is 2. The molecule has 0 unspecified atom stereocenters. The number of hydrogen-bond acceptors (Lipinski definition) is 2. The first-order valence-electron chi connectivity index (χ1n) is 5.47. The predicted octanol–water partition coefficient (Wildman–Crippen LogP) is 1.29. The highest BCUT2D eigenvalue weighted by Crippen LogP contribution is 1.98. The van der Waals surface area contributed by atoms with Gasteiger partial charge in [-0.05, 0) is 26.7 Å². The van der Waals surface area contributed by atoms with Gasteiger partial charge in [0.15, 0.2) is 0 Å². The van der Waals surface area contributed by atoms with E-state index in [9.17, 15) is 4.79 Å². The topological polar surface area (TPSA) is 41.1 Å². The molecule has 0 aliphatic rings. The van der Waals surface area contributed by atoms with Gasteiger partial charge in [-0.2, -0.15) is 0 Å². The van der Waals surface area contributed by atoms with E-state index in [1.165, 1.54) is 0 Å². The minimum Gasteiger partial charge on any atom is -0.352 e. The van der Waals surface area contributed by atoms with Crippen LogP contribution in [0.1, 0.15) is 40.5 Å². The molecule has 0 atom stereocenters. The van der Waals surface area contributed by atoms with Gasteiger partial charge in [0.05, 0.1) is 12.1 Å². The Labute approximate surface area is 93.0 Å². The lowest BCUT2D eigenvalue weighted by Crippen LogP contribution is -2.46. The highest BCUT2D eigenvalue weighted by Gasteiger charge is 2.15. The van der Waals surface area contributed by atoms with Crippen LogP contribution in [-0.4, -0.2) is 24.0 Å². The van der Waals surface area contributed by atoms with Gasteiger partial charge in [-0.3, -0.25) is 10.1 Å². The van der Waals surface area contributed by atoms with Crippen LogP contribution in [-0.2, 0) is 4.79 Å². The summed E-state index contributed by atoms with van der Waals surface area (Å²) >= 11 is 0. The maximum atomic E-state index is 11.5. The second kappa shape index (κ2) is 6.47. The first-order valence-corrected chi connectivity index (χ1v) is 5.47. The van der Waals surface area contributed by atoms with Crippen molar-refractivity contribution in [2.45, 2.75) is 52.1 Å². The zero-order chi connectivity index (χ0) is 11.9. The van der Waals surface area contributed by atoms with Crippen molar-refractivity contribution in [2.75, 3.05) is 6.54 Å². The molecule has 0 aromatic rings. The fraction of sp³-hybridized carbons (Fsp3) is 0.750. The van der Waals surface area contributed by atoms with Crippen LogP contribution in [0.15, 0.2) is 0 Å². The standard InChI is InChI=1S/C12H22N2O/c1-6-10(7-2)14-11(15)9-13-12(4,5)8-3/h3,10,13H,6-7,9H2,1-2,4-5H3,(H,14,15). The van der Waals surface area contributed by atoms with Crippen molar-refractivity contribution in [1.82, 2.24) is 10.6 Å². The van der Waals surface area contributed by atoms with Gasteiger partial charge in [0.25, 0.3) is 0 Å². The Morgan fingerprint density at radius 1 is 1.40 bits per heavy atom. The van der Waals surface area contributed by atoms with Crippen molar-refractivity contribution in [3.63, 3.8) is 0 Å². The monoisotopic (exact) mass is 210 g/mol. The lowest BCUT2D eigenvalue weighted by atomic mass is 10.1. The number of nitrogens with one attached hydrogen (secondary N) is 2. The number of rotatable bonds is 6. The van der Waals surface area contributed by atoms with E-state index >= 15 is 0 Å². The van der Waals surface area contributed by atoms with E-state index in [-0.39, 0.29) is 18.5 Å². The van der Waals surface area contributed by atoms with E-state index in [0.29, 0.717) is 0 Å². The minimum absolute atomic E-state index is 0.00650. The van der Waals surface area contributed by atoms with E-state index < -0.39 is 5.54 Å². The summed E-state index contributed by atoms with van der Waals surface area (Å²) in [5.41, 5.74) is -0.425. The van der Waals surface area contributed by atoms with Gasteiger partial charge in [0.2, 0.25) is 5.91 Å². The average molecular weight is 210 g/mol. The number of amides is 1. The maximum Gasteiger partial charge on any atom is 0.234 e. The Hall–Kier alpha value is -1.01. The summed E-state index contributed by atoms with van der Waals surface area (Å²) in [6, 6.07) is 0.272.